The first-order chi connectivity index (χ1) is 7.39. The molecule has 3 fully saturated rings. The van der Waals surface area contributed by atoms with Crippen LogP contribution in [0.3, 0.4) is 0 Å². The standard InChI is InChI=1S/C15H26O/c1-9-5-6-13-14(3,4)11-7-15(9,13)8-12(16)10(11)2/h9-13,16H,5-8H2,1-4H3/t9-,10+,11?,12+,13+,15-/m1/s1. The van der Waals surface area contributed by atoms with Crippen molar-refractivity contribution in [3.8, 4) is 0 Å². The van der Waals surface area contributed by atoms with Gasteiger partial charge in [-0.3, -0.25) is 0 Å². The Morgan fingerprint density at radius 1 is 1.06 bits per heavy atom. The number of fused-ring (bicyclic) bond motifs is 1. The van der Waals surface area contributed by atoms with E-state index in [-0.39, 0.29) is 6.10 Å². The van der Waals surface area contributed by atoms with Crippen LogP contribution >= 0.6 is 0 Å². The summed E-state index contributed by atoms with van der Waals surface area (Å²) in [5.74, 6) is 2.98. The maximum atomic E-state index is 10.4. The molecule has 3 aliphatic carbocycles. The molecule has 1 nitrogen and oxygen atoms in total. The third-order valence-electron chi connectivity index (χ3n) is 6.85. The molecular weight excluding hydrogens is 196 g/mol. The van der Waals surface area contributed by atoms with Gasteiger partial charge in [-0.1, -0.05) is 27.7 Å². The van der Waals surface area contributed by atoms with E-state index >= 15 is 0 Å². The molecule has 0 aromatic heterocycles. The molecule has 0 aromatic rings. The number of hydrogen-bond acceptors (Lipinski definition) is 1. The van der Waals surface area contributed by atoms with Crippen molar-refractivity contribution in [2.24, 2.45) is 34.5 Å². The third-order valence-corrected chi connectivity index (χ3v) is 6.85. The highest BCUT2D eigenvalue weighted by Crippen LogP contribution is 2.72. The lowest BCUT2D eigenvalue weighted by Gasteiger charge is -2.42. The molecule has 0 heterocycles. The van der Waals surface area contributed by atoms with Gasteiger partial charge in [-0.2, -0.15) is 0 Å². The van der Waals surface area contributed by atoms with Gasteiger partial charge in [0.15, 0.2) is 0 Å². The van der Waals surface area contributed by atoms with Crippen LogP contribution in [0.15, 0.2) is 0 Å². The molecule has 16 heavy (non-hydrogen) atoms. The van der Waals surface area contributed by atoms with Gasteiger partial charge in [0.1, 0.15) is 0 Å². The molecule has 0 aliphatic heterocycles. The lowest BCUT2D eigenvalue weighted by atomic mass is 9.64. The second-order valence-electron chi connectivity index (χ2n) is 7.53. The number of aliphatic hydroxyl groups excluding tert-OH is 1. The van der Waals surface area contributed by atoms with Gasteiger partial charge in [-0.25, -0.2) is 0 Å². The van der Waals surface area contributed by atoms with Crippen molar-refractivity contribution < 1.29 is 5.11 Å². The summed E-state index contributed by atoms with van der Waals surface area (Å²) in [6.07, 6.45) is 5.24. The number of rotatable bonds is 0. The zero-order chi connectivity index (χ0) is 11.7. The largest absolute Gasteiger partial charge is 0.393 e. The van der Waals surface area contributed by atoms with Gasteiger partial charge in [-0.15, -0.1) is 0 Å². The predicted molar refractivity (Wildman–Crippen MR) is 66.0 cm³/mol. The maximum absolute atomic E-state index is 10.4. The van der Waals surface area contributed by atoms with Gasteiger partial charge in [-0.05, 0) is 60.2 Å². The minimum atomic E-state index is -0.0384. The van der Waals surface area contributed by atoms with Crippen LogP contribution in [-0.2, 0) is 0 Å². The first-order valence-electron chi connectivity index (χ1n) is 7.07. The summed E-state index contributed by atoms with van der Waals surface area (Å²) in [7, 11) is 0. The van der Waals surface area contributed by atoms with Gasteiger partial charge in [0.05, 0.1) is 6.10 Å². The quantitative estimate of drug-likeness (QED) is 0.665. The first-order valence-corrected chi connectivity index (χ1v) is 7.07. The summed E-state index contributed by atoms with van der Waals surface area (Å²) in [6, 6.07) is 0. The van der Waals surface area contributed by atoms with E-state index in [1.165, 1.54) is 19.3 Å². The molecule has 1 heteroatoms. The van der Waals surface area contributed by atoms with E-state index in [1.807, 2.05) is 0 Å². The van der Waals surface area contributed by atoms with E-state index in [0.29, 0.717) is 16.7 Å². The van der Waals surface area contributed by atoms with Crippen LogP contribution in [0.25, 0.3) is 0 Å². The van der Waals surface area contributed by atoms with Crippen molar-refractivity contribution >= 4 is 0 Å². The summed E-state index contributed by atoms with van der Waals surface area (Å²) in [5.41, 5.74) is 0.960. The second-order valence-corrected chi connectivity index (χ2v) is 7.53. The van der Waals surface area contributed by atoms with E-state index in [2.05, 4.69) is 27.7 Å². The molecule has 6 atom stereocenters. The summed E-state index contributed by atoms with van der Waals surface area (Å²) < 4.78 is 0. The van der Waals surface area contributed by atoms with E-state index in [0.717, 1.165) is 24.2 Å². The zero-order valence-corrected chi connectivity index (χ0v) is 11.2. The summed E-state index contributed by atoms with van der Waals surface area (Å²) >= 11 is 0. The van der Waals surface area contributed by atoms with Gasteiger partial charge in [0.2, 0.25) is 0 Å². The second kappa shape index (κ2) is 3.04. The molecule has 0 saturated heterocycles. The van der Waals surface area contributed by atoms with Crippen LogP contribution < -0.4 is 0 Å². The highest BCUT2D eigenvalue weighted by Gasteiger charge is 2.66. The molecule has 0 radical (unpaired) electrons. The highest BCUT2D eigenvalue weighted by molar-refractivity contribution is 5.15. The van der Waals surface area contributed by atoms with Crippen molar-refractivity contribution in [1.29, 1.82) is 0 Å². The molecule has 2 bridgehead atoms. The fourth-order valence-electron chi connectivity index (χ4n) is 5.86. The Kier molecular flexibility index (Phi) is 2.11. The summed E-state index contributed by atoms with van der Waals surface area (Å²) in [4.78, 5) is 0. The lowest BCUT2D eigenvalue weighted by Crippen LogP contribution is -2.39. The van der Waals surface area contributed by atoms with Crippen LogP contribution in [-0.4, -0.2) is 11.2 Å². The van der Waals surface area contributed by atoms with Crippen LogP contribution in [0.2, 0.25) is 0 Å². The lowest BCUT2D eigenvalue weighted by molar-refractivity contribution is -0.0194. The Bertz CT molecular complexity index is 309. The topological polar surface area (TPSA) is 20.2 Å². The number of aliphatic hydroxyl groups is 1. The minimum Gasteiger partial charge on any atom is -0.393 e. The van der Waals surface area contributed by atoms with Crippen LogP contribution in [0.1, 0.15) is 53.4 Å². The minimum absolute atomic E-state index is 0.0384. The van der Waals surface area contributed by atoms with Gasteiger partial charge >= 0.3 is 0 Å². The smallest absolute Gasteiger partial charge is 0.0574 e. The van der Waals surface area contributed by atoms with Crippen molar-refractivity contribution in [2.75, 3.05) is 0 Å². The van der Waals surface area contributed by atoms with Gasteiger partial charge < -0.3 is 5.11 Å². The molecule has 0 amide bonds. The van der Waals surface area contributed by atoms with Gasteiger partial charge in [0, 0.05) is 0 Å². The fraction of sp³-hybridized carbons (Fsp3) is 1.00. The Morgan fingerprint density at radius 3 is 2.44 bits per heavy atom. The van der Waals surface area contributed by atoms with Crippen LogP contribution in [0, 0.1) is 34.5 Å². The van der Waals surface area contributed by atoms with Crippen molar-refractivity contribution in [3.05, 3.63) is 0 Å². The fourth-order valence-corrected chi connectivity index (χ4v) is 5.86. The van der Waals surface area contributed by atoms with E-state index in [4.69, 9.17) is 0 Å². The number of hydrogen-bond donors (Lipinski definition) is 1. The summed E-state index contributed by atoms with van der Waals surface area (Å²) in [5, 5.41) is 10.4. The zero-order valence-electron chi connectivity index (χ0n) is 11.2. The van der Waals surface area contributed by atoms with Crippen molar-refractivity contribution in [1.82, 2.24) is 0 Å². The molecule has 3 aliphatic rings. The Hall–Kier alpha value is -0.0400. The molecule has 0 aromatic carbocycles. The molecule has 3 rings (SSSR count). The normalized spacial score (nSPS) is 58.7. The van der Waals surface area contributed by atoms with Gasteiger partial charge in [0.25, 0.3) is 0 Å². The predicted octanol–water partition coefficient (Wildman–Crippen LogP) is 3.47. The Labute approximate surface area is 99.6 Å². The Balaban J connectivity index is 2.06. The SMILES string of the molecule is C[C@@H]1CC[C@H]2C(C)(C)C3C[C@@]12C[C@H](O)[C@H]3C. The molecule has 1 unspecified atom stereocenters. The molecule has 3 saturated carbocycles. The van der Waals surface area contributed by atoms with Crippen molar-refractivity contribution in [3.63, 3.8) is 0 Å². The average molecular weight is 222 g/mol. The maximum Gasteiger partial charge on any atom is 0.0574 e. The highest BCUT2D eigenvalue weighted by atomic mass is 16.3. The third kappa shape index (κ3) is 1.06. The summed E-state index contributed by atoms with van der Waals surface area (Å²) in [6.45, 7) is 9.64. The van der Waals surface area contributed by atoms with E-state index in [1.54, 1.807) is 0 Å². The van der Waals surface area contributed by atoms with Crippen LogP contribution in [0.4, 0.5) is 0 Å². The molecule has 1 N–H and O–H groups in total. The molecule has 1 spiro atoms. The van der Waals surface area contributed by atoms with Crippen molar-refractivity contribution in [2.45, 2.75) is 59.5 Å². The monoisotopic (exact) mass is 222 g/mol. The Morgan fingerprint density at radius 2 is 1.75 bits per heavy atom. The molecule has 92 valence electrons. The average Bonchev–Trinajstić information content (AvgIpc) is 2.59. The van der Waals surface area contributed by atoms with E-state index < -0.39 is 0 Å². The molecular formula is C15H26O. The van der Waals surface area contributed by atoms with Crippen LogP contribution in [0.5, 0.6) is 0 Å². The first kappa shape index (κ1) is 11.1. The van der Waals surface area contributed by atoms with E-state index in [9.17, 15) is 5.11 Å².